The van der Waals surface area contributed by atoms with Gasteiger partial charge in [-0.2, -0.15) is 0 Å². The predicted octanol–water partition coefficient (Wildman–Crippen LogP) is 2.48. The Hall–Kier alpha value is -0.640. The van der Waals surface area contributed by atoms with Gasteiger partial charge in [0.25, 0.3) is 0 Å². The minimum atomic E-state index is -0.520. The smallest absolute Gasteiger partial charge is 0.235 e. The maximum absolute atomic E-state index is 12.8. The number of hydrogen-bond acceptors (Lipinski definition) is 2. The van der Waals surface area contributed by atoms with Gasteiger partial charge in [-0.25, -0.2) is 0 Å². The molecule has 3 nitrogen and oxygen atoms in total. The fourth-order valence-corrected chi connectivity index (χ4v) is 3.72. The molecule has 0 bridgehead atoms. The Balaban J connectivity index is 2.15. The molecular weight excluding hydrogens is 244 g/mol. The second kappa shape index (κ2) is 5.16. The Morgan fingerprint density at radius 3 is 2.50 bits per heavy atom. The van der Waals surface area contributed by atoms with Crippen molar-refractivity contribution in [2.45, 2.75) is 58.4 Å². The lowest BCUT2D eigenvalue weighted by atomic mass is 9.61. The molecule has 1 aliphatic carbocycles. The Morgan fingerprint density at radius 1 is 1.28 bits per heavy atom. The van der Waals surface area contributed by atoms with Crippen molar-refractivity contribution in [2.24, 2.45) is 17.1 Å². The fourth-order valence-electron chi connectivity index (χ4n) is 3.46. The molecule has 2 rings (SSSR count). The largest absolute Gasteiger partial charge is 0.392 e. The van der Waals surface area contributed by atoms with Gasteiger partial charge in [0.2, 0.25) is 5.91 Å². The molecule has 1 unspecified atom stereocenters. The zero-order valence-corrected chi connectivity index (χ0v) is 12.3. The van der Waals surface area contributed by atoms with Crippen LogP contribution in [-0.2, 0) is 4.79 Å². The van der Waals surface area contributed by atoms with E-state index >= 15 is 0 Å². The minimum absolute atomic E-state index is 0.197. The van der Waals surface area contributed by atoms with Gasteiger partial charge in [0.05, 0.1) is 10.4 Å². The van der Waals surface area contributed by atoms with Gasteiger partial charge < -0.3 is 10.6 Å². The molecule has 18 heavy (non-hydrogen) atoms. The molecule has 1 aliphatic heterocycles. The number of nitrogens with zero attached hydrogens (tertiary/aromatic N) is 1. The van der Waals surface area contributed by atoms with Crippen LogP contribution in [0.4, 0.5) is 0 Å². The second-order valence-corrected chi connectivity index (χ2v) is 6.60. The van der Waals surface area contributed by atoms with Gasteiger partial charge in [0, 0.05) is 12.6 Å². The van der Waals surface area contributed by atoms with Crippen LogP contribution >= 0.6 is 12.2 Å². The normalized spacial score (nSPS) is 36.7. The van der Waals surface area contributed by atoms with E-state index in [4.69, 9.17) is 18.0 Å². The van der Waals surface area contributed by atoms with Gasteiger partial charge in [-0.05, 0) is 38.5 Å². The summed E-state index contributed by atoms with van der Waals surface area (Å²) in [4.78, 5) is 15.3. The lowest BCUT2D eigenvalue weighted by molar-refractivity contribution is -0.146. The molecule has 2 aliphatic rings. The number of carbonyl (C=O) groups excluding carboxylic acids is 1. The molecule has 0 aromatic heterocycles. The third kappa shape index (κ3) is 2.27. The molecule has 1 saturated heterocycles. The van der Waals surface area contributed by atoms with Crippen LogP contribution in [0.25, 0.3) is 0 Å². The Bertz CT molecular complexity index is 350. The number of hydrogen-bond donors (Lipinski definition) is 1. The summed E-state index contributed by atoms with van der Waals surface area (Å²) in [5, 5.41) is 0. The Kier molecular flexibility index (Phi) is 3.95. The first-order valence-electron chi connectivity index (χ1n) is 7.08. The van der Waals surface area contributed by atoms with Crippen molar-refractivity contribution in [3.63, 3.8) is 0 Å². The first-order valence-corrected chi connectivity index (χ1v) is 7.49. The molecule has 1 heterocycles. The van der Waals surface area contributed by atoms with Crippen molar-refractivity contribution in [1.82, 2.24) is 4.90 Å². The van der Waals surface area contributed by atoms with Gasteiger partial charge in [-0.15, -0.1) is 0 Å². The van der Waals surface area contributed by atoms with E-state index in [2.05, 4.69) is 13.8 Å². The molecule has 0 aromatic rings. The summed E-state index contributed by atoms with van der Waals surface area (Å²) in [5.41, 5.74) is 5.35. The lowest BCUT2D eigenvalue weighted by Crippen LogP contribution is -2.58. The average Bonchev–Trinajstić information content (AvgIpc) is 2.48. The quantitative estimate of drug-likeness (QED) is 0.783. The van der Waals surface area contributed by atoms with E-state index in [-0.39, 0.29) is 5.91 Å². The van der Waals surface area contributed by atoms with E-state index in [1.807, 2.05) is 4.90 Å². The lowest BCUT2D eigenvalue weighted by Gasteiger charge is -2.47. The summed E-state index contributed by atoms with van der Waals surface area (Å²) >= 11 is 5.18. The predicted molar refractivity (Wildman–Crippen MR) is 77.3 cm³/mol. The SMILES string of the molecule is CC1CC(C(=O)N2CCCCCC2C)(C(N)=S)C1. The summed E-state index contributed by atoms with van der Waals surface area (Å²) in [5.74, 6) is 0.764. The molecule has 1 amide bonds. The summed E-state index contributed by atoms with van der Waals surface area (Å²) in [6.07, 6.45) is 6.34. The van der Waals surface area contributed by atoms with E-state index in [0.717, 1.165) is 32.2 Å². The Labute approximate surface area is 115 Å². The van der Waals surface area contributed by atoms with Gasteiger partial charge in [-0.3, -0.25) is 4.79 Å². The number of thiocarbonyl (C=S) groups is 1. The average molecular weight is 268 g/mol. The number of rotatable bonds is 2. The van der Waals surface area contributed by atoms with Crippen molar-refractivity contribution in [3.8, 4) is 0 Å². The van der Waals surface area contributed by atoms with Crippen molar-refractivity contribution in [1.29, 1.82) is 0 Å². The Morgan fingerprint density at radius 2 is 1.94 bits per heavy atom. The van der Waals surface area contributed by atoms with Gasteiger partial charge in [-0.1, -0.05) is 32.0 Å². The molecule has 1 atom stereocenters. The van der Waals surface area contributed by atoms with Crippen LogP contribution in [0.3, 0.4) is 0 Å². The van der Waals surface area contributed by atoms with Crippen LogP contribution in [0.15, 0.2) is 0 Å². The van der Waals surface area contributed by atoms with E-state index in [1.54, 1.807) is 0 Å². The van der Waals surface area contributed by atoms with Crippen LogP contribution in [-0.4, -0.2) is 28.4 Å². The van der Waals surface area contributed by atoms with Crippen molar-refractivity contribution in [2.75, 3.05) is 6.54 Å². The van der Waals surface area contributed by atoms with Crippen LogP contribution in [0.5, 0.6) is 0 Å². The van der Waals surface area contributed by atoms with Crippen LogP contribution in [0, 0.1) is 11.3 Å². The molecular formula is C14H24N2OS. The van der Waals surface area contributed by atoms with Crippen molar-refractivity contribution < 1.29 is 4.79 Å². The molecule has 0 aromatic carbocycles. The van der Waals surface area contributed by atoms with E-state index in [9.17, 15) is 4.79 Å². The fraction of sp³-hybridized carbons (Fsp3) is 0.857. The standard InChI is InChI=1S/C14H24N2OS/c1-10-8-14(9-10,12(15)18)13(17)16-7-5-3-4-6-11(16)2/h10-11H,3-9H2,1-2H3,(H2,15,18). The summed E-state index contributed by atoms with van der Waals surface area (Å²) in [6, 6.07) is 0.335. The van der Waals surface area contributed by atoms with Crippen LogP contribution < -0.4 is 5.73 Å². The zero-order chi connectivity index (χ0) is 13.3. The summed E-state index contributed by atoms with van der Waals surface area (Å²) < 4.78 is 0. The van der Waals surface area contributed by atoms with E-state index in [1.165, 1.54) is 12.8 Å². The molecule has 1 saturated carbocycles. The first-order chi connectivity index (χ1) is 8.47. The minimum Gasteiger partial charge on any atom is -0.392 e. The molecule has 4 heteroatoms. The van der Waals surface area contributed by atoms with E-state index < -0.39 is 5.41 Å². The van der Waals surface area contributed by atoms with Crippen molar-refractivity contribution >= 4 is 23.1 Å². The molecule has 0 radical (unpaired) electrons. The summed E-state index contributed by atoms with van der Waals surface area (Å²) in [6.45, 7) is 5.19. The maximum Gasteiger partial charge on any atom is 0.235 e. The van der Waals surface area contributed by atoms with Gasteiger partial charge in [0.1, 0.15) is 0 Å². The zero-order valence-electron chi connectivity index (χ0n) is 11.4. The molecule has 102 valence electrons. The third-order valence-electron chi connectivity index (χ3n) is 4.59. The molecule has 0 spiro atoms. The monoisotopic (exact) mass is 268 g/mol. The third-order valence-corrected chi connectivity index (χ3v) is 4.98. The van der Waals surface area contributed by atoms with Crippen molar-refractivity contribution in [3.05, 3.63) is 0 Å². The summed E-state index contributed by atoms with van der Waals surface area (Å²) in [7, 11) is 0. The first kappa shape index (κ1) is 13.8. The second-order valence-electron chi connectivity index (χ2n) is 6.16. The van der Waals surface area contributed by atoms with Gasteiger partial charge in [0.15, 0.2) is 0 Å². The highest BCUT2D eigenvalue weighted by Gasteiger charge is 2.52. The molecule has 2 fully saturated rings. The maximum atomic E-state index is 12.8. The topological polar surface area (TPSA) is 46.3 Å². The highest BCUT2D eigenvalue weighted by molar-refractivity contribution is 7.80. The highest BCUT2D eigenvalue weighted by atomic mass is 32.1. The number of nitrogens with two attached hydrogens (primary N) is 1. The van der Waals surface area contributed by atoms with Crippen LogP contribution in [0.1, 0.15) is 52.4 Å². The number of carbonyl (C=O) groups is 1. The van der Waals surface area contributed by atoms with Crippen LogP contribution in [0.2, 0.25) is 0 Å². The van der Waals surface area contributed by atoms with E-state index in [0.29, 0.717) is 16.9 Å². The number of likely N-dealkylation sites (tertiary alicyclic amines) is 1. The highest BCUT2D eigenvalue weighted by Crippen LogP contribution is 2.47. The molecule has 2 N–H and O–H groups in total. The number of amides is 1. The van der Waals surface area contributed by atoms with Gasteiger partial charge >= 0.3 is 0 Å².